The fraction of sp³-hybridized carbons (Fsp3) is 0.474. The first-order valence-corrected chi connectivity index (χ1v) is 9.01. The molecule has 0 amide bonds. The summed E-state index contributed by atoms with van der Waals surface area (Å²) in [7, 11) is 0. The normalized spacial score (nSPS) is 16.7. The second-order valence-corrected chi connectivity index (χ2v) is 6.74. The maximum absolute atomic E-state index is 5.43. The summed E-state index contributed by atoms with van der Waals surface area (Å²) in [6, 6.07) is 8.46. The molecule has 0 bridgehead atoms. The van der Waals surface area contributed by atoms with Gasteiger partial charge in [-0.1, -0.05) is 25.3 Å². The summed E-state index contributed by atoms with van der Waals surface area (Å²) in [5, 5.41) is 6.88. The molecule has 1 aliphatic carbocycles. The number of fused-ring (bicyclic) bond motifs is 1. The molecule has 25 heavy (non-hydrogen) atoms. The second kappa shape index (κ2) is 7.17. The monoisotopic (exact) mass is 340 g/mol. The molecule has 1 fully saturated rings. The van der Waals surface area contributed by atoms with Crippen LogP contribution in [0.25, 0.3) is 0 Å². The van der Waals surface area contributed by atoms with Crippen LogP contribution in [0, 0.1) is 6.92 Å². The van der Waals surface area contributed by atoms with Crippen LogP contribution < -0.4 is 20.1 Å². The average molecular weight is 340 g/mol. The van der Waals surface area contributed by atoms with E-state index in [2.05, 4.69) is 20.6 Å². The first-order chi connectivity index (χ1) is 12.3. The first-order valence-electron chi connectivity index (χ1n) is 9.01. The van der Waals surface area contributed by atoms with Crippen LogP contribution in [0.5, 0.6) is 11.5 Å². The van der Waals surface area contributed by atoms with E-state index in [1.54, 1.807) is 0 Å². The maximum atomic E-state index is 5.43. The molecule has 1 aromatic heterocycles. The van der Waals surface area contributed by atoms with Gasteiger partial charge in [0.05, 0.1) is 0 Å². The Kier molecular flexibility index (Phi) is 4.59. The largest absolute Gasteiger partial charge is 0.454 e. The van der Waals surface area contributed by atoms with E-state index in [0.29, 0.717) is 19.4 Å². The van der Waals surface area contributed by atoms with E-state index in [1.807, 2.05) is 31.2 Å². The number of rotatable bonds is 5. The van der Waals surface area contributed by atoms with E-state index in [9.17, 15) is 0 Å². The van der Waals surface area contributed by atoms with Gasteiger partial charge in [0.15, 0.2) is 11.5 Å². The Morgan fingerprint density at radius 1 is 1.04 bits per heavy atom. The second-order valence-electron chi connectivity index (χ2n) is 6.74. The fourth-order valence-corrected chi connectivity index (χ4v) is 3.40. The van der Waals surface area contributed by atoms with Crippen LogP contribution in [-0.2, 0) is 6.54 Å². The van der Waals surface area contributed by atoms with Gasteiger partial charge in [0.25, 0.3) is 0 Å². The zero-order valence-corrected chi connectivity index (χ0v) is 14.5. The van der Waals surface area contributed by atoms with Crippen molar-refractivity contribution in [2.24, 2.45) is 0 Å². The zero-order chi connectivity index (χ0) is 17.1. The summed E-state index contributed by atoms with van der Waals surface area (Å²) in [5.74, 6) is 3.17. The Balaban J connectivity index is 1.41. The molecule has 2 heterocycles. The number of nitrogens with zero attached hydrogens (tertiary/aromatic N) is 2. The number of nitrogens with one attached hydrogen (secondary N) is 2. The molecule has 132 valence electrons. The number of ether oxygens (including phenoxy) is 2. The molecule has 0 unspecified atom stereocenters. The highest BCUT2D eigenvalue weighted by atomic mass is 16.7. The van der Waals surface area contributed by atoms with Crippen molar-refractivity contribution in [2.45, 2.75) is 51.6 Å². The smallest absolute Gasteiger partial charge is 0.231 e. The Morgan fingerprint density at radius 2 is 1.88 bits per heavy atom. The number of aromatic nitrogens is 2. The molecule has 4 rings (SSSR count). The molecular weight excluding hydrogens is 316 g/mol. The standard InChI is InChI=1S/C19H24N4O2/c1-13-9-18(23-19(21-13)22-15-5-3-2-4-6-15)20-11-14-7-8-16-17(10-14)25-12-24-16/h7-10,15H,2-6,11-12H2,1H3,(H2,20,21,22,23). The van der Waals surface area contributed by atoms with Gasteiger partial charge in [-0.2, -0.15) is 4.98 Å². The van der Waals surface area contributed by atoms with Crippen molar-refractivity contribution in [2.75, 3.05) is 17.4 Å². The third kappa shape index (κ3) is 3.95. The molecule has 1 aromatic carbocycles. The average Bonchev–Trinajstić information content (AvgIpc) is 3.08. The van der Waals surface area contributed by atoms with E-state index in [0.717, 1.165) is 34.5 Å². The molecule has 1 saturated carbocycles. The number of hydrogen-bond donors (Lipinski definition) is 2. The number of hydrogen-bond acceptors (Lipinski definition) is 6. The van der Waals surface area contributed by atoms with Gasteiger partial charge < -0.3 is 20.1 Å². The van der Waals surface area contributed by atoms with Crippen molar-refractivity contribution in [3.63, 3.8) is 0 Å². The molecule has 6 heteroatoms. The predicted octanol–water partition coefficient (Wildman–Crippen LogP) is 3.87. The quantitative estimate of drug-likeness (QED) is 0.861. The van der Waals surface area contributed by atoms with Crippen molar-refractivity contribution in [1.29, 1.82) is 0 Å². The molecule has 2 aliphatic rings. The molecule has 0 atom stereocenters. The molecule has 2 aromatic rings. The van der Waals surface area contributed by atoms with Gasteiger partial charge in [0.2, 0.25) is 12.7 Å². The van der Waals surface area contributed by atoms with Gasteiger partial charge >= 0.3 is 0 Å². The predicted molar refractivity (Wildman–Crippen MR) is 97.2 cm³/mol. The van der Waals surface area contributed by atoms with Crippen LogP contribution in [0.1, 0.15) is 43.4 Å². The van der Waals surface area contributed by atoms with Crippen molar-refractivity contribution in [1.82, 2.24) is 9.97 Å². The maximum Gasteiger partial charge on any atom is 0.231 e. The third-order valence-corrected chi connectivity index (χ3v) is 4.70. The van der Waals surface area contributed by atoms with E-state index in [-0.39, 0.29) is 0 Å². The van der Waals surface area contributed by atoms with Crippen LogP contribution >= 0.6 is 0 Å². The summed E-state index contributed by atoms with van der Waals surface area (Å²) >= 11 is 0. The van der Waals surface area contributed by atoms with Gasteiger partial charge in [-0.15, -0.1) is 0 Å². The zero-order valence-electron chi connectivity index (χ0n) is 14.5. The SMILES string of the molecule is Cc1cc(NCc2ccc3c(c2)OCO3)nc(NC2CCCCC2)n1. The summed E-state index contributed by atoms with van der Waals surface area (Å²) in [5.41, 5.74) is 2.09. The van der Waals surface area contributed by atoms with Gasteiger partial charge in [-0.05, 0) is 37.5 Å². The van der Waals surface area contributed by atoms with Crippen molar-refractivity contribution in [3.05, 3.63) is 35.5 Å². The van der Waals surface area contributed by atoms with Gasteiger partial charge in [0, 0.05) is 24.3 Å². The lowest BCUT2D eigenvalue weighted by atomic mass is 9.96. The minimum Gasteiger partial charge on any atom is -0.454 e. The Hall–Kier alpha value is -2.50. The number of aryl methyl sites for hydroxylation is 1. The fourth-order valence-electron chi connectivity index (χ4n) is 3.40. The van der Waals surface area contributed by atoms with E-state index < -0.39 is 0 Å². The molecule has 2 N–H and O–H groups in total. The molecular formula is C19H24N4O2. The van der Waals surface area contributed by atoms with Crippen molar-refractivity contribution >= 4 is 11.8 Å². The topological polar surface area (TPSA) is 68.3 Å². The molecule has 6 nitrogen and oxygen atoms in total. The first kappa shape index (κ1) is 16.0. The lowest BCUT2D eigenvalue weighted by Gasteiger charge is -2.23. The van der Waals surface area contributed by atoms with Gasteiger partial charge in [-0.3, -0.25) is 0 Å². The highest BCUT2D eigenvalue weighted by Gasteiger charge is 2.15. The Bertz CT molecular complexity index is 744. The molecule has 0 saturated heterocycles. The molecule has 0 radical (unpaired) electrons. The summed E-state index contributed by atoms with van der Waals surface area (Å²) in [6.45, 7) is 2.98. The van der Waals surface area contributed by atoms with Crippen LogP contribution in [0.15, 0.2) is 24.3 Å². The van der Waals surface area contributed by atoms with Crippen molar-refractivity contribution < 1.29 is 9.47 Å². The van der Waals surface area contributed by atoms with Crippen LogP contribution in [-0.4, -0.2) is 22.8 Å². The number of benzene rings is 1. The minimum absolute atomic E-state index is 0.299. The third-order valence-electron chi connectivity index (χ3n) is 4.70. The Morgan fingerprint density at radius 3 is 2.76 bits per heavy atom. The van der Waals surface area contributed by atoms with Crippen LogP contribution in [0.4, 0.5) is 11.8 Å². The van der Waals surface area contributed by atoms with Crippen molar-refractivity contribution in [3.8, 4) is 11.5 Å². The minimum atomic E-state index is 0.299. The number of anilines is 2. The van der Waals surface area contributed by atoms with E-state index in [1.165, 1.54) is 32.1 Å². The van der Waals surface area contributed by atoms with E-state index >= 15 is 0 Å². The lowest BCUT2D eigenvalue weighted by molar-refractivity contribution is 0.174. The van der Waals surface area contributed by atoms with Crippen LogP contribution in [0.3, 0.4) is 0 Å². The highest BCUT2D eigenvalue weighted by molar-refractivity contribution is 5.47. The summed E-state index contributed by atoms with van der Waals surface area (Å²) in [6.07, 6.45) is 6.33. The molecule has 0 spiro atoms. The summed E-state index contributed by atoms with van der Waals surface area (Å²) < 4.78 is 10.8. The van der Waals surface area contributed by atoms with Crippen LogP contribution in [0.2, 0.25) is 0 Å². The lowest BCUT2D eigenvalue weighted by Crippen LogP contribution is -2.23. The van der Waals surface area contributed by atoms with Gasteiger partial charge in [-0.25, -0.2) is 4.98 Å². The van der Waals surface area contributed by atoms with Gasteiger partial charge in [0.1, 0.15) is 5.82 Å². The summed E-state index contributed by atoms with van der Waals surface area (Å²) in [4.78, 5) is 9.16. The highest BCUT2D eigenvalue weighted by Crippen LogP contribution is 2.32. The Labute approximate surface area is 148 Å². The van der Waals surface area contributed by atoms with E-state index in [4.69, 9.17) is 9.47 Å². The molecule has 1 aliphatic heterocycles.